The van der Waals surface area contributed by atoms with E-state index in [1.807, 2.05) is 24.3 Å². The topological polar surface area (TPSA) is 99.0 Å². The van der Waals surface area contributed by atoms with Gasteiger partial charge in [-0.3, -0.25) is 4.79 Å². The minimum absolute atomic E-state index is 0.203. The summed E-state index contributed by atoms with van der Waals surface area (Å²) in [5.74, 6) is 1.21. The Bertz CT molecular complexity index is 877. The van der Waals surface area contributed by atoms with Crippen LogP contribution in [-0.4, -0.2) is 82.3 Å². The van der Waals surface area contributed by atoms with Crippen LogP contribution in [0.2, 0.25) is 0 Å². The lowest BCUT2D eigenvalue weighted by molar-refractivity contribution is 0.0565. The molecule has 0 spiro atoms. The maximum absolute atomic E-state index is 12.7. The number of carbonyl (C=O) groups excluding carboxylic acids is 2. The summed E-state index contributed by atoms with van der Waals surface area (Å²) in [5, 5.41) is 8.05. The highest BCUT2D eigenvalue weighted by molar-refractivity contribution is 5.92. The monoisotopic (exact) mass is 401 g/mol. The van der Waals surface area contributed by atoms with Crippen molar-refractivity contribution < 1.29 is 23.8 Å². The molecule has 1 saturated heterocycles. The molecule has 154 valence electrons. The molecule has 10 heteroatoms. The van der Waals surface area contributed by atoms with Crippen LogP contribution in [0.3, 0.4) is 0 Å². The molecule has 0 N–H and O–H groups in total. The number of ether oxygens (including phenoxy) is 3. The Hall–Kier alpha value is -3.30. The Morgan fingerprint density at radius 1 is 1.14 bits per heavy atom. The summed E-state index contributed by atoms with van der Waals surface area (Å²) >= 11 is 0. The summed E-state index contributed by atoms with van der Waals surface area (Å²) < 4.78 is 18.2. The Kier molecular flexibility index (Phi) is 5.50. The number of hydrogen-bond donors (Lipinski definition) is 0. The minimum atomic E-state index is -0.346. The van der Waals surface area contributed by atoms with Gasteiger partial charge in [0.1, 0.15) is 6.61 Å². The molecule has 0 aliphatic carbocycles. The van der Waals surface area contributed by atoms with E-state index < -0.39 is 0 Å². The predicted octanol–water partition coefficient (Wildman–Crippen LogP) is 1.03. The Morgan fingerprint density at radius 3 is 2.62 bits per heavy atom. The molecule has 2 aliphatic heterocycles. The molecule has 1 aromatic carbocycles. The predicted molar refractivity (Wildman–Crippen MR) is 101 cm³/mol. The Labute approximate surface area is 167 Å². The highest BCUT2D eigenvalue weighted by atomic mass is 16.6. The van der Waals surface area contributed by atoms with Gasteiger partial charge in [0.25, 0.3) is 5.91 Å². The molecular formula is C19H23N5O5. The van der Waals surface area contributed by atoms with E-state index in [1.165, 1.54) is 0 Å². The lowest BCUT2D eigenvalue weighted by Gasteiger charge is -2.33. The molecular weight excluding hydrogens is 378 g/mol. The van der Waals surface area contributed by atoms with Gasteiger partial charge in [-0.2, -0.15) is 0 Å². The van der Waals surface area contributed by atoms with Gasteiger partial charge in [-0.15, -0.1) is 5.10 Å². The average molecular weight is 401 g/mol. The van der Waals surface area contributed by atoms with Crippen LogP contribution < -0.4 is 9.47 Å². The highest BCUT2D eigenvalue weighted by Gasteiger charge is 2.27. The van der Waals surface area contributed by atoms with Crippen LogP contribution in [0, 0.1) is 0 Å². The van der Waals surface area contributed by atoms with Gasteiger partial charge in [0.15, 0.2) is 23.3 Å². The molecule has 3 heterocycles. The molecule has 1 aromatic heterocycles. The molecule has 2 aromatic rings. The molecule has 2 amide bonds. The Balaban J connectivity index is 1.31. The van der Waals surface area contributed by atoms with E-state index in [1.54, 1.807) is 27.6 Å². The standard InChI is InChI=1S/C19H23N5O5/c1-2-27-19(26)23-9-7-22(8-10-23)18(25)15-12-24(21-20-15)11-14-13-28-16-5-3-4-6-17(16)29-14/h3-6,12,14H,2,7-11,13H2,1H3. The summed E-state index contributed by atoms with van der Waals surface area (Å²) in [6.45, 7) is 4.66. The summed E-state index contributed by atoms with van der Waals surface area (Å²) in [6, 6.07) is 7.50. The summed E-state index contributed by atoms with van der Waals surface area (Å²) in [7, 11) is 0. The van der Waals surface area contributed by atoms with Crippen molar-refractivity contribution in [1.29, 1.82) is 0 Å². The van der Waals surface area contributed by atoms with Crippen LogP contribution in [-0.2, 0) is 11.3 Å². The van der Waals surface area contributed by atoms with Gasteiger partial charge in [0, 0.05) is 26.2 Å². The SMILES string of the molecule is CCOC(=O)N1CCN(C(=O)c2cn(CC3COc4ccccc4O3)nn2)CC1. The number of amides is 2. The van der Waals surface area contributed by atoms with Gasteiger partial charge < -0.3 is 24.0 Å². The molecule has 29 heavy (non-hydrogen) atoms. The van der Waals surface area contributed by atoms with Crippen molar-refractivity contribution in [2.45, 2.75) is 19.6 Å². The first-order chi connectivity index (χ1) is 14.1. The van der Waals surface area contributed by atoms with Gasteiger partial charge in [0.2, 0.25) is 0 Å². The van der Waals surface area contributed by atoms with Crippen LogP contribution in [0.1, 0.15) is 17.4 Å². The minimum Gasteiger partial charge on any atom is -0.486 e. The van der Waals surface area contributed by atoms with E-state index in [0.717, 1.165) is 5.75 Å². The van der Waals surface area contributed by atoms with E-state index in [9.17, 15) is 9.59 Å². The van der Waals surface area contributed by atoms with Gasteiger partial charge in [0.05, 0.1) is 19.3 Å². The molecule has 0 radical (unpaired) electrons. The number of aromatic nitrogens is 3. The second-order valence-corrected chi connectivity index (χ2v) is 6.80. The first kappa shape index (κ1) is 19.0. The molecule has 1 fully saturated rings. The zero-order valence-corrected chi connectivity index (χ0v) is 16.2. The number of fused-ring (bicyclic) bond motifs is 1. The number of piperazine rings is 1. The molecule has 0 bridgehead atoms. The van der Waals surface area contributed by atoms with Crippen molar-refractivity contribution in [3.05, 3.63) is 36.2 Å². The zero-order valence-electron chi connectivity index (χ0n) is 16.2. The first-order valence-corrected chi connectivity index (χ1v) is 9.63. The zero-order chi connectivity index (χ0) is 20.2. The third kappa shape index (κ3) is 4.25. The quantitative estimate of drug-likeness (QED) is 0.755. The number of para-hydroxylation sites is 2. The fourth-order valence-electron chi connectivity index (χ4n) is 3.32. The van der Waals surface area contributed by atoms with Crippen LogP contribution in [0.5, 0.6) is 11.5 Å². The number of carbonyl (C=O) groups is 2. The summed E-state index contributed by atoms with van der Waals surface area (Å²) in [5.41, 5.74) is 0.270. The van der Waals surface area contributed by atoms with Crippen LogP contribution in [0.4, 0.5) is 4.79 Å². The van der Waals surface area contributed by atoms with Gasteiger partial charge in [-0.25, -0.2) is 9.48 Å². The maximum atomic E-state index is 12.7. The molecule has 0 saturated carbocycles. The van der Waals surface area contributed by atoms with E-state index in [-0.39, 0.29) is 23.8 Å². The second-order valence-electron chi connectivity index (χ2n) is 6.80. The van der Waals surface area contributed by atoms with E-state index in [4.69, 9.17) is 14.2 Å². The molecule has 10 nitrogen and oxygen atoms in total. The number of hydrogen-bond acceptors (Lipinski definition) is 7. The van der Waals surface area contributed by atoms with Gasteiger partial charge in [-0.1, -0.05) is 17.3 Å². The fraction of sp³-hybridized carbons (Fsp3) is 0.474. The fourth-order valence-corrected chi connectivity index (χ4v) is 3.32. The molecule has 1 atom stereocenters. The van der Waals surface area contributed by atoms with E-state index in [2.05, 4.69) is 10.3 Å². The van der Waals surface area contributed by atoms with Gasteiger partial charge >= 0.3 is 6.09 Å². The van der Waals surface area contributed by atoms with Crippen LogP contribution in [0.15, 0.2) is 30.5 Å². The second kappa shape index (κ2) is 8.38. The molecule has 1 unspecified atom stereocenters. The highest BCUT2D eigenvalue weighted by Crippen LogP contribution is 2.31. The normalized spacial score (nSPS) is 18.4. The molecule has 4 rings (SSSR count). The van der Waals surface area contributed by atoms with E-state index >= 15 is 0 Å². The van der Waals surface area contributed by atoms with Crippen molar-refractivity contribution >= 4 is 12.0 Å². The number of rotatable bonds is 4. The lowest BCUT2D eigenvalue weighted by Crippen LogP contribution is -2.50. The first-order valence-electron chi connectivity index (χ1n) is 9.63. The van der Waals surface area contributed by atoms with Crippen molar-refractivity contribution in [1.82, 2.24) is 24.8 Å². The third-order valence-electron chi connectivity index (χ3n) is 4.81. The third-order valence-corrected chi connectivity index (χ3v) is 4.81. The van der Waals surface area contributed by atoms with Crippen molar-refractivity contribution in [3.63, 3.8) is 0 Å². The maximum Gasteiger partial charge on any atom is 0.409 e. The van der Waals surface area contributed by atoms with Crippen LogP contribution >= 0.6 is 0 Å². The lowest BCUT2D eigenvalue weighted by atomic mass is 10.2. The van der Waals surface area contributed by atoms with Crippen molar-refractivity contribution in [3.8, 4) is 11.5 Å². The van der Waals surface area contributed by atoms with Crippen LogP contribution in [0.25, 0.3) is 0 Å². The van der Waals surface area contributed by atoms with Crippen molar-refractivity contribution in [2.24, 2.45) is 0 Å². The van der Waals surface area contributed by atoms with Gasteiger partial charge in [-0.05, 0) is 19.1 Å². The smallest absolute Gasteiger partial charge is 0.409 e. The largest absolute Gasteiger partial charge is 0.486 e. The van der Waals surface area contributed by atoms with Crippen molar-refractivity contribution in [2.75, 3.05) is 39.4 Å². The Morgan fingerprint density at radius 2 is 1.86 bits per heavy atom. The average Bonchev–Trinajstić information content (AvgIpc) is 3.22. The number of benzene rings is 1. The van der Waals surface area contributed by atoms with E-state index in [0.29, 0.717) is 51.7 Å². The summed E-state index contributed by atoms with van der Waals surface area (Å²) in [6.07, 6.45) is 1.05. The summed E-state index contributed by atoms with van der Waals surface area (Å²) in [4.78, 5) is 27.7. The number of nitrogens with zero attached hydrogens (tertiary/aromatic N) is 5. The molecule has 2 aliphatic rings.